The van der Waals surface area contributed by atoms with Crippen molar-refractivity contribution >= 4 is 17.2 Å². The Bertz CT molecular complexity index is 831. The number of rotatable bonds is 5. The van der Waals surface area contributed by atoms with Crippen LogP contribution in [0.15, 0.2) is 12.5 Å². The number of nitrogens with one attached hydrogen (secondary N) is 2. The van der Waals surface area contributed by atoms with Crippen LogP contribution < -0.4 is 5.32 Å². The summed E-state index contributed by atoms with van der Waals surface area (Å²) in [7, 11) is 0. The number of carbonyl (C=O) groups excluding carboxylic acids is 1. The Morgan fingerprint density at radius 3 is 3.15 bits per heavy atom. The molecule has 0 saturated carbocycles. The average molecular weight is 388 g/mol. The molecule has 3 saturated heterocycles. The number of hydrogen-bond donors (Lipinski definition) is 2. The van der Waals surface area contributed by atoms with Gasteiger partial charge in [-0.3, -0.25) is 9.69 Å². The van der Waals surface area contributed by atoms with Crippen molar-refractivity contribution in [3.8, 4) is 0 Å². The summed E-state index contributed by atoms with van der Waals surface area (Å²) in [5, 5.41) is 4.27. The van der Waals surface area contributed by atoms with Crippen LogP contribution in [-0.2, 0) is 11.3 Å². The molecule has 0 unspecified atom stereocenters. The molecule has 0 aliphatic carbocycles. The van der Waals surface area contributed by atoms with E-state index in [9.17, 15) is 4.79 Å². The van der Waals surface area contributed by atoms with Crippen LogP contribution in [0.4, 0.5) is 0 Å². The fourth-order valence-electron chi connectivity index (χ4n) is 5.16. The summed E-state index contributed by atoms with van der Waals surface area (Å²) in [6.07, 6.45) is 5.61. The normalized spacial score (nSPS) is 32.1. The van der Waals surface area contributed by atoms with Gasteiger partial charge >= 0.3 is 0 Å². The van der Waals surface area contributed by atoms with Crippen molar-refractivity contribution in [3.63, 3.8) is 0 Å². The lowest BCUT2D eigenvalue weighted by Gasteiger charge is -2.29. The minimum atomic E-state index is -0.0899. The molecule has 2 aromatic heterocycles. The molecule has 3 aliphatic heterocycles. The van der Waals surface area contributed by atoms with Crippen LogP contribution in [0.25, 0.3) is 0 Å². The van der Waals surface area contributed by atoms with Gasteiger partial charge in [-0.25, -0.2) is 9.97 Å². The van der Waals surface area contributed by atoms with Crippen molar-refractivity contribution in [3.05, 3.63) is 33.8 Å². The molecule has 8 heteroatoms. The number of aryl methyl sites for hydroxylation is 2. The summed E-state index contributed by atoms with van der Waals surface area (Å²) in [5.41, 5.74) is 1.63. The third kappa shape index (κ3) is 2.90. The third-order valence-corrected chi connectivity index (χ3v) is 7.58. The lowest BCUT2D eigenvalue weighted by molar-refractivity contribution is 0.00212. The maximum Gasteiger partial charge on any atom is 0.269 e. The first-order chi connectivity index (χ1) is 13.0. The average Bonchev–Trinajstić information content (AvgIpc) is 3.41. The highest BCUT2D eigenvalue weighted by Crippen LogP contribution is 2.54. The van der Waals surface area contributed by atoms with E-state index in [2.05, 4.69) is 34.0 Å². The molecule has 3 fully saturated rings. The second-order valence-electron chi connectivity index (χ2n) is 8.12. The summed E-state index contributed by atoms with van der Waals surface area (Å²) in [6.45, 7) is 7.79. The molecule has 2 bridgehead atoms. The largest absolute Gasteiger partial charge is 0.370 e. The monoisotopic (exact) mass is 387 g/mol. The predicted molar refractivity (Wildman–Crippen MR) is 102 cm³/mol. The highest BCUT2D eigenvalue weighted by Gasteiger charge is 2.62. The van der Waals surface area contributed by atoms with E-state index in [0.29, 0.717) is 24.1 Å². The Hall–Kier alpha value is -1.77. The van der Waals surface area contributed by atoms with E-state index in [1.807, 2.05) is 0 Å². The molecule has 0 radical (unpaired) electrons. The Balaban J connectivity index is 1.25. The number of H-pyrrole nitrogens is 1. The molecule has 5 rings (SSSR count). The van der Waals surface area contributed by atoms with E-state index in [0.717, 1.165) is 38.2 Å². The summed E-state index contributed by atoms with van der Waals surface area (Å²) in [5.74, 6) is 0.781. The van der Waals surface area contributed by atoms with E-state index in [4.69, 9.17) is 9.72 Å². The zero-order valence-electron chi connectivity index (χ0n) is 15.7. The number of amides is 1. The molecule has 7 nitrogen and oxygen atoms in total. The topological polar surface area (TPSA) is 83.1 Å². The first kappa shape index (κ1) is 17.3. The highest BCUT2D eigenvalue weighted by atomic mass is 32.1. The molecular formula is C19H25N5O2S. The Morgan fingerprint density at radius 2 is 2.41 bits per heavy atom. The molecule has 3 aliphatic rings. The highest BCUT2D eigenvalue weighted by molar-refractivity contribution is 7.11. The Labute approximate surface area is 162 Å². The van der Waals surface area contributed by atoms with Crippen molar-refractivity contribution < 1.29 is 9.53 Å². The van der Waals surface area contributed by atoms with Gasteiger partial charge in [0.2, 0.25) is 0 Å². The van der Waals surface area contributed by atoms with Gasteiger partial charge in [0.05, 0.1) is 36.5 Å². The van der Waals surface area contributed by atoms with E-state index in [-0.39, 0.29) is 17.6 Å². The smallest absolute Gasteiger partial charge is 0.269 e. The number of likely N-dealkylation sites (tertiary alicyclic amines) is 1. The van der Waals surface area contributed by atoms with Crippen LogP contribution in [0.2, 0.25) is 0 Å². The standard InChI is InChI=1S/C19H25N5O2S/c1-11-12(2)27-17(23-11)8-24-7-14-13(16-3-4-19(14,9-24)26-16)5-21-18(25)15-6-20-10-22-15/h6,10,13-14,16H,3-5,7-9H2,1-2H3,(H,20,22)(H,21,25)/t13-,14+,16+,19+/m0/s1. The van der Waals surface area contributed by atoms with Crippen LogP contribution in [0.3, 0.4) is 0 Å². The lowest BCUT2D eigenvalue weighted by atomic mass is 9.73. The number of ether oxygens (including phenoxy) is 1. The van der Waals surface area contributed by atoms with Crippen molar-refractivity contribution in [1.29, 1.82) is 0 Å². The van der Waals surface area contributed by atoms with E-state index in [1.165, 1.54) is 16.2 Å². The van der Waals surface area contributed by atoms with Crippen molar-refractivity contribution in [2.24, 2.45) is 11.8 Å². The number of thiazole rings is 1. The second-order valence-corrected chi connectivity index (χ2v) is 9.41. The predicted octanol–water partition coefficient (Wildman–Crippen LogP) is 1.89. The van der Waals surface area contributed by atoms with Gasteiger partial charge in [-0.15, -0.1) is 11.3 Å². The van der Waals surface area contributed by atoms with Crippen LogP contribution in [0, 0.1) is 25.7 Å². The zero-order valence-corrected chi connectivity index (χ0v) is 16.5. The number of aromatic nitrogens is 3. The number of fused-ring (bicyclic) bond motifs is 1. The molecule has 2 aromatic rings. The van der Waals surface area contributed by atoms with Crippen LogP contribution >= 0.6 is 11.3 Å². The summed E-state index contributed by atoms with van der Waals surface area (Å²) < 4.78 is 6.49. The number of hydrogen-bond acceptors (Lipinski definition) is 6. The molecule has 0 aromatic carbocycles. The van der Waals surface area contributed by atoms with Crippen molar-refractivity contribution in [2.45, 2.75) is 44.9 Å². The lowest BCUT2D eigenvalue weighted by Crippen LogP contribution is -2.42. The number of imidazole rings is 1. The van der Waals surface area contributed by atoms with Gasteiger partial charge in [0.1, 0.15) is 10.7 Å². The van der Waals surface area contributed by atoms with Crippen LogP contribution in [-0.4, -0.2) is 57.1 Å². The van der Waals surface area contributed by atoms with Crippen LogP contribution in [0.5, 0.6) is 0 Å². The molecule has 1 amide bonds. The second kappa shape index (κ2) is 6.39. The fourth-order valence-corrected chi connectivity index (χ4v) is 6.14. The molecular weight excluding hydrogens is 362 g/mol. The zero-order chi connectivity index (χ0) is 18.6. The van der Waals surface area contributed by atoms with Crippen molar-refractivity contribution in [2.75, 3.05) is 19.6 Å². The van der Waals surface area contributed by atoms with E-state index >= 15 is 0 Å². The Kier molecular flexibility index (Phi) is 4.10. The minimum absolute atomic E-state index is 0.0185. The van der Waals surface area contributed by atoms with Gasteiger partial charge in [0, 0.05) is 36.3 Å². The number of nitrogens with zero attached hydrogens (tertiary/aromatic N) is 3. The van der Waals surface area contributed by atoms with Crippen molar-refractivity contribution in [1.82, 2.24) is 25.2 Å². The molecule has 27 heavy (non-hydrogen) atoms. The minimum Gasteiger partial charge on any atom is -0.370 e. The SMILES string of the molecule is Cc1nc(CN2C[C@@H]3[C@H](CNC(=O)c4cnc[nH]4)[C@H]4CC[C@]3(C2)O4)sc1C. The molecule has 2 N–H and O–H groups in total. The molecule has 144 valence electrons. The van der Waals surface area contributed by atoms with Gasteiger partial charge in [-0.05, 0) is 26.7 Å². The van der Waals surface area contributed by atoms with Gasteiger partial charge in [0.15, 0.2) is 0 Å². The number of carbonyl (C=O) groups is 1. The summed E-state index contributed by atoms with van der Waals surface area (Å²) >= 11 is 1.80. The molecule has 1 spiro atoms. The quantitative estimate of drug-likeness (QED) is 0.819. The van der Waals surface area contributed by atoms with Gasteiger partial charge in [-0.1, -0.05) is 0 Å². The van der Waals surface area contributed by atoms with E-state index in [1.54, 1.807) is 17.5 Å². The van der Waals surface area contributed by atoms with Gasteiger partial charge in [0.25, 0.3) is 5.91 Å². The molecule has 5 heterocycles. The molecule has 4 atom stereocenters. The van der Waals surface area contributed by atoms with E-state index < -0.39 is 0 Å². The maximum absolute atomic E-state index is 12.3. The first-order valence-electron chi connectivity index (χ1n) is 9.64. The first-order valence-corrected chi connectivity index (χ1v) is 10.5. The Morgan fingerprint density at radius 1 is 1.52 bits per heavy atom. The summed E-state index contributed by atoms with van der Waals surface area (Å²) in [4.78, 5) is 27.5. The number of aromatic amines is 1. The van der Waals surface area contributed by atoms with Crippen LogP contribution in [0.1, 0.15) is 38.9 Å². The summed E-state index contributed by atoms with van der Waals surface area (Å²) in [6, 6.07) is 0. The fraction of sp³-hybridized carbons (Fsp3) is 0.632. The maximum atomic E-state index is 12.3. The van der Waals surface area contributed by atoms with Gasteiger partial charge in [-0.2, -0.15) is 0 Å². The third-order valence-electron chi connectivity index (χ3n) is 6.53. The van der Waals surface area contributed by atoms with Gasteiger partial charge < -0.3 is 15.0 Å².